The molecule has 0 unspecified atom stereocenters. The molecule has 0 bridgehead atoms. The second-order valence-electron chi connectivity index (χ2n) is 3.57. The predicted octanol–water partition coefficient (Wildman–Crippen LogP) is 0.147. The van der Waals surface area contributed by atoms with E-state index in [-0.39, 0.29) is 12.5 Å². The highest BCUT2D eigenvalue weighted by molar-refractivity contribution is 5.80. The van der Waals surface area contributed by atoms with Crippen molar-refractivity contribution in [3.63, 3.8) is 0 Å². The van der Waals surface area contributed by atoms with Gasteiger partial charge in [0.15, 0.2) is 0 Å². The average Bonchev–Trinajstić information content (AvgIpc) is 2.31. The number of nitrogens with one attached hydrogen (secondary N) is 2. The quantitative estimate of drug-likeness (QED) is 0.614. The molecule has 17 heavy (non-hydrogen) atoms. The molecular weight excluding hydrogens is 220 g/mol. The molecule has 0 fully saturated rings. The van der Waals surface area contributed by atoms with Crippen LogP contribution in [0.2, 0.25) is 0 Å². The van der Waals surface area contributed by atoms with Gasteiger partial charge in [-0.3, -0.25) is 4.79 Å². The summed E-state index contributed by atoms with van der Waals surface area (Å²) in [5.74, 6) is 0.539. The molecule has 0 saturated heterocycles. The van der Waals surface area contributed by atoms with Gasteiger partial charge in [0, 0.05) is 13.7 Å². The van der Waals surface area contributed by atoms with Crippen LogP contribution < -0.4 is 16.4 Å². The van der Waals surface area contributed by atoms with Crippen LogP contribution in [0, 0.1) is 6.92 Å². The number of nitrogens with zero attached hydrogens (tertiary/aromatic N) is 1. The molecule has 0 aliphatic carbocycles. The third-order valence-corrected chi connectivity index (χ3v) is 2.19. The van der Waals surface area contributed by atoms with E-state index >= 15 is 0 Å². The van der Waals surface area contributed by atoms with Crippen molar-refractivity contribution in [3.05, 3.63) is 17.8 Å². The first-order valence-electron chi connectivity index (χ1n) is 5.36. The smallest absolute Gasteiger partial charge is 0.239 e. The maximum Gasteiger partial charge on any atom is 0.239 e. The summed E-state index contributed by atoms with van der Waals surface area (Å²) in [5, 5.41) is 5.62. The Labute approximate surface area is 101 Å². The maximum atomic E-state index is 11.4. The number of methoxy groups -OCH3 is 1. The van der Waals surface area contributed by atoms with Crippen molar-refractivity contribution < 1.29 is 9.53 Å². The lowest BCUT2D eigenvalue weighted by atomic mass is 10.3. The summed E-state index contributed by atoms with van der Waals surface area (Å²) in [6, 6.07) is 3.50. The number of nitrogens with two attached hydrogens (primary N) is 1. The number of aromatic nitrogens is 1. The first kappa shape index (κ1) is 13.2. The Morgan fingerprint density at radius 3 is 2.94 bits per heavy atom. The van der Waals surface area contributed by atoms with E-state index in [1.54, 1.807) is 19.2 Å². The molecule has 6 heteroatoms. The summed E-state index contributed by atoms with van der Waals surface area (Å²) in [4.78, 5) is 15.6. The molecule has 0 saturated carbocycles. The first-order valence-corrected chi connectivity index (χ1v) is 5.36. The lowest BCUT2D eigenvalue weighted by Gasteiger charge is -2.08. The molecule has 1 rings (SSSR count). The van der Waals surface area contributed by atoms with Gasteiger partial charge < -0.3 is 21.1 Å². The SMILES string of the molecule is COCCNC(=O)CNc1ccc(N)c(C)n1. The van der Waals surface area contributed by atoms with Crippen LogP contribution in [0.5, 0.6) is 0 Å². The van der Waals surface area contributed by atoms with Crippen LogP contribution in [-0.2, 0) is 9.53 Å². The van der Waals surface area contributed by atoms with Crippen molar-refractivity contribution in [1.29, 1.82) is 0 Å². The van der Waals surface area contributed by atoms with Gasteiger partial charge >= 0.3 is 0 Å². The van der Waals surface area contributed by atoms with Crippen molar-refractivity contribution >= 4 is 17.4 Å². The highest BCUT2D eigenvalue weighted by Crippen LogP contribution is 2.11. The molecule has 0 spiro atoms. The Bertz CT molecular complexity index is 382. The van der Waals surface area contributed by atoms with Crippen molar-refractivity contribution in [2.45, 2.75) is 6.92 Å². The van der Waals surface area contributed by atoms with E-state index in [1.807, 2.05) is 6.92 Å². The van der Waals surface area contributed by atoms with Crippen LogP contribution in [0.1, 0.15) is 5.69 Å². The fourth-order valence-corrected chi connectivity index (χ4v) is 1.20. The minimum Gasteiger partial charge on any atom is -0.397 e. The van der Waals surface area contributed by atoms with Gasteiger partial charge in [-0.15, -0.1) is 0 Å². The number of aryl methyl sites for hydroxylation is 1. The summed E-state index contributed by atoms with van der Waals surface area (Å²) in [6.07, 6.45) is 0. The average molecular weight is 238 g/mol. The molecule has 1 aromatic rings. The van der Waals surface area contributed by atoms with Crippen LogP contribution in [0.25, 0.3) is 0 Å². The zero-order valence-corrected chi connectivity index (χ0v) is 10.1. The largest absolute Gasteiger partial charge is 0.397 e. The van der Waals surface area contributed by atoms with Crippen LogP contribution in [0.3, 0.4) is 0 Å². The van der Waals surface area contributed by atoms with Crippen molar-refractivity contribution in [2.75, 3.05) is 37.9 Å². The van der Waals surface area contributed by atoms with Gasteiger partial charge in [-0.05, 0) is 19.1 Å². The first-order chi connectivity index (χ1) is 8.13. The Kier molecular flexibility index (Phi) is 5.22. The van der Waals surface area contributed by atoms with Gasteiger partial charge in [-0.1, -0.05) is 0 Å². The van der Waals surface area contributed by atoms with Crippen LogP contribution in [0.15, 0.2) is 12.1 Å². The van der Waals surface area contributed by atoms with Crippen LogP contribution >= 0.6 is 0 Å². The third kappa shape index (κ3) is 4.69. The Morgan fingerprint density at radius 1 is 1.53 bits per heavy atom. The summed E-state index contributed by atoms with van der Waals surface area (Å²) < 4.78 is 4.82. The molecule has 0 aliphatic rings. The Morgan fingerprint density at radius 2 is 2.29 bits per heavy atom. The fourth-order valence-electron chi connectivity index (χ4n) is 1.20. The van der Waals surface area contributed by atoms with Gasteiger partial charge in [0.25, 0.3) is 0 Å². The number of carbonyl (C=O) groups is 1. The third-order valence-electron chi connectivity index (χ3n) is 2.19. The lowest BCUT2D eigenvalue weighted by Crippen LogP contribution is -2.32. The molecule has 1 heterocycles. The molecular formula is C11H18N4O2. The number of rotatable bonds is 6. The minimum absolute atomic E-state index is 0.0988. The number of hydrogen-bond acceptors (Lipinski definition) is 5. The van der Waals surface area contributed by atoms with E-state index in [1.165, 1.54) is 0 Å². The summed E-state index contributed by atoms with van der Waals surface area (Å²) in [6.45, 7) is 3.01. The highest BCUT2D eigenvalue weighted by Gasteiger charge is 2.02. The standard InChI is InChI=1S/C11H18N4O2/c1-8-9(12)3-4-10(15-8)14-7-11(16)13-5-6-17-2/h3-4H,5-7,12H2,1-2H3,(H,13,16)(H,14,15). The monoisotopic (exact) mass is 238 g/mol. The van der Waals surface area contributed by atoms with Gasteiger partial charge in [0.2, 0.25) is 5.91 Å². The number of hydrogen-bond donors (Lipinski definition) is 3. The van der Waals surface area contributed by atoms with Gasteiger partial charge in [-0.25, -0.2) is 4.98 Å². The molecule has 0 aliphatic heterocycles. The van der Waals surface area contributed by atoms with Crippen molar-refractivity contribution in [2.24, 2.45) is 0 Å². The van der Waals surface area contributed by atoms with Gasteiger partial charge in [-0.2, -0.15) is 0 Å². The number of pyridine rings is 1. The topological polar surface area (TPSA) is 89.3 Å². The molecule has 1 amide bonds. The molecule has 6 nitrogen and oxygen atoms in total. The summed E-state index contributed by atoms with van der Waals surface area (Å²) in [7, 11) is 1.59. The van der Waals surface area contributed by atoms with Crippen LogP contribution in [0.4, 0.5) is 11.5 Å². The van der Waals surface area contributed by atoms with Gasteiger partial charge in [0.05, 0.1) is 24.5 Å². The second-order valence-corrected chi connectivity index (χ2v) is 3.57. The molecule has 4 N–H and O–H groups in total. The van der Waals surface area contributed by atoms with Gasteiger partial charge in [0.1, 0.15) is 5.82 Å². The van der Waals surface area contributed by atoms with E-state index in [2.05, 4.69) is 15.6 Å². The normalized spacial score (nSPS) is 10.0. The molecule has 94 valence electrons. The second kappa shape index (κ2) is 6.70. The van der Waals surface area contributed by atoms with E-state index in [4.69, 9.17) is 10.5 Å². The molecule has 0 aromatic carbocycles. The number of nitrogen functional groups attached to an aromatic ring is 1. The van der Waals surface area contributed by atoms with E-state index in [0.29, 0.717) is 24.7 Å². The highest BCUT2D eigenvalue weighted by atomic mass is 16.5. The number of ether oxygens (including phenoxy) is 1. The van der Waals surface area contributed by atoms with E-state index in [0.717, 1.165) is 5.69 Å². The molecule has 1 aromatic heterocycles. The number of carbonyl (C=O) groups excluding carboxylic acids is 1. The Hall–Kier alpha value is -1.82. The molecule has 0 atom stereocenters. The van der Waals surface area contributed by atoms with Crippen molar-refractivity contribution in [1.82, 2.24) is 10.3 Å². The van der Waals surface area contributed by atoms with E-state index in [9.17, 15) is 4.79 Å². The minimum atomic E-state index is -0.0988. The number of anilines is 2. The number of amides is 1. The fraction of sp³-hybridized carbons (Fsp3) is 0.455. The van der Waals surface area contributed by atoms with Crippen molar-refractivity contribution in [3.8, 4) is 0 Å². The maximum absolute atomic E-state index is 11.4. The summed E-state index contributed by atoms with van der Waals surface area (Å²) >= 11 is 0. The zero-order valence-electron chi connectivity index (χ0n) is 10.1. The Balaban J connectivity index is 2.34. The molecule has 0 radical (unpaired) electrons. The zero-order chi connectivity index (χ0) is 12.7. The predicted molar refractivity (Wildman–Crippen MR) is 66.8 cm³/mol. The van der Waals surface area contributed by atoms with E-state index < -0.39 is 0 Å². The summed E-state index contributed by atoms with van der Waals surface area (Å²) in [5.41, 5.74) is 7.03. The van der Waals surface area contributed by atoms with Crippen LogP contribution in [-0.4, -0.2) is 37.7 Å². The lowest BCUT2D eigenvalue weighted by molar-refractivity contribution is -0.119.